The Balaban J connectivity index is 1.92. The fraction of sp³-hybridized carbons (Fsp3) is 0.263. The van der Waals surface area contributed by atoms with E-state index in [4.69, 9.17) is 5.26 Å². The Bertz CT molecular complexity index is 684. The van der Waals surface area contributed by atoms with Crippen molar-refractivity contribution >= 4 is 17.3 Å². The fourth-order valence-corrected chi connectivity index (χ4v) is 2.20. The Morgan fingerprint density at radius 1 is 1.04 bits per heavy atom. The van der Waals surface area contributed by atoms with Crippen molar-refractivity contribution in [3.05, 3.63) is 59.7 Å². The van der Waals surface area contributed by atoms with Crippen LogP contribution in [0.25, 0.3) is 0 Å². The van der Waals surface area contributed by atoms with Gasteiger partial charge in [-0.3, -0.25) is 4.79 Å². The lowest BCUT2D eigenvalue weighted by Crippen LogP contribution is -2.31. The third-order valence-corrected chi connectivity index (χ3v) is 3.64. The van der Waals surface area contributed by atoms with Crippen LogP contribution in [0.4, 0.5) is 11.4 Å². The molecule has 2 aromatic carbocycles. The summed E-state index contributed by atoms with van der Waals surface area (Å²) in [6.07, 6.45) is 1.37. The number of aryl methyl sites for hydroxylation is 1. The average molecular weight is 307 g/mol. The molecule has 0 spiro atoms. The number of nitrogens with one attached hydrogen (secondary N) is 2. The van der Waals surface area contributed by atoms with E-state index in [-0.39, 0.29) is 11.9 Å². The zero-order valence-electron chi connectivity index (χ0n) is 13.5. The molecule has 0 saturated heterocycles. The van der Waals surface area contributed by atoms with Crippen LogP contribution < -0.4 is 10.6 Å². The molecule has 23 heavy (non-hydrogen) atoms. The SMILES string of the molecule is CCc1ccc(NC(=O)C(C)Nc2ccc(CC#N)cc2)cc1. The summed E-state index contributed by atoms with van der Waals surface area (Å²) < 4.78 is 0. The fourth-order valence-electron chi connectivity index (χ4n) is 2.20. The molecule has 118 valence electrons. The van der Waals surface area contributed by atoms with Crippen molar-refractivity contribution in [2.75, 3.05) is 10.6 Å². The monoisotopic (exact) mass is 307 g/mol. The van der Waals surface area contributed by atoms with E-state index in [1.54, 1.807) is 0 Å². The Kier molecular flexibility index (Phi) is 5.76. The molecule has 0 aliphatic rings. The minimum atomic E-state index is -0.359. The molecule has 4 nitrogen and oxygen atoms in total. The number of benzene rings is 2. The quantitative estimate of drug-likeness (QED) is 0.854. The molecule has 0 aliphatic heterocycles. The molecule has 0 aliphatic carbocycles. The molecular formula is C19H21N3O. The number of hydrogen-bond acceptors (Lipinski definition) is 3. The Morgan fingerprint density at radius 2 is 1.61 bits per heavy atom. The zero-order valence-corrected chi connectivity index (χ0v) is 13.5. The van der Waals surface area contributed by atoms with Gasteiger partial charge in [-0.2, -0.15) is 5.26 Å². The van der Waals surface area contributed by atoms with Crippen LogP contribution in [-0.4, -0.2) is 11.9 Å². The van der Waals surface area contributed by atoms with Crippen molar-refractivity contribution < 1.29 is 4.79 Å². The van der Waals surface area contributed by atoms with E-state index in [0.29, 0.717) is 6.42 Å². The first-order valence-corrected chi connectivity index (χ1v) is 7.74. The molecule has 2 N–H and O–H groups in total. The van der Waals surface area contributed by atoms with Gasteiger partial charge in [-0.1, -0.05) is 31.2 Å². The molecule has 0 saturated carbocycles. The number of carbonyl (C=O) groups excluding carboxylic acids is 1. The number of nitrogens with zero attached hydrogens (tertiary/aromatic N) is 1. The van der Waals surface area contributed by atoms with Crippen molar-refractivity contribution in [3.8, 4) is 6.07 Å². The summed E-state index contributed by atoms with van der Waals surface area (Å²) in [6.45, 7) is 3.92. The predicted molar refractivity (Wildman–Crippen MR) is 93.3 cm³/mol. The minimum Gasteiger partial charge on any atom is -0.374 e. The lowest BCUT2D eigenvalue weighted by Gasteiger charge is -2.15. The molecule has 1 amide bonds. The van der Waals surface area contributed by atoms with Gasteiger partial charge in [0.15, 0.2) is 0 Å². The van der Waals surface area contributed by atoms with Gasteiger partial charge in [0.25, 0.3) is 0 Å². The summed E-state index contributed by atoms with van der Waals surface area (Å²) in [4.78, 5) is 12.2. The second-order valence-corrected chi connectivity index (χ2v) is 5.44. The van der Waals surface area contributed by atoms with Crippen LogP contribution in [0.5, 0.6) is 0 Å². The predicted octanol–water partition coefficient (Wildman–Crippen LogP) is 3.75. The first-order valence-electron chi connectivity index (χ1n) is 7.74. The maximum Gasteiger partial charge on any atom is 0.246 e. The summed E-state index contributed by atoms with van der Waals surface area (Å²) in [6, 6.07) is 17.2. The van der Waals surface area contributed by atoms with E-state index in [1.165, 1.54) is 5.56 Å². The minimum absolute atomic E-state index is 0.0876. The third kappa shape index (κ3) is 4.86. The highest BCUT2D eigenvalue weighted by Crippen LogP contribution is 2.13. The van der Waals surface area contributed by atoms with Gasteiger partial charge in [-0.15, -0.1) is 0 Å². The molecule has 0 radical (unpaired) electrons. The second-order valence-electron chi connectivity index (χ2n) is 5.44. The van der Waals surface area contributed by atoms with Crippen LogP contribution >= 0.6 is 0 Å². The van der Waals surface area contributed by atoms with E-state index < -0.39 is 0 Å². The molecular weight excluding hydrogens is 286 g/mol. The third-order valence-electron chi connectivity index (χ3n) is 3.64. The Morgan fingerprint density at radius 3 is 2.17 bits per heavy atom. The number of hydrogen-bond donors (Lipinski definition) is 2. The highest BCUT2D eigenvalue weighted by molar-refractivity contribution is 5.96. The van der Waals surface area contributed by atoms with E-state index in [0.717, 1.165) is 23.4 Å². The van der Waals surface area contributed by atoms with Gasteiger partial charge in [-0.25, -0.2) is 0 Å². The molecule has 0 aromatic heterocycles. The van der Waals surface area contributed by atoms with Gasteiger partial charge < -0.3 is 10.6 Å². The summed E-state index contributed by atoms with van der Waals surface area (Å²) >= 11 is 0. The Hall–Kier alpha value is -2.80. The van der Waals surface area contributed by atoms with Crippen LogP contribution in [0.2, 0.25) is 0 Å². The van der Waals surface area contributed by atoms with Crippen LogP contribution in [0.1, 0.15) is 25.0 Å². The number of rotatable bonds is 6. The normalized spacial score (nSPS) is 11.3. The van der Waals surface area contributed by atoms with Crippen molar-refractivity contribution in [2.45, 2.75) is 32.7 Å². The summed E-state index contributed by atoms with van der Waals surface area (Å²) in [7, 11) is 0. The number of nitriles is 1. The van der Waals surface area contributed by atoms with Crippen LogP contribution in [-0.2, 0) is 17.6 Å². The Labute approximate surface area is 137 Å². The molecule has 2 rings (SSSR count). The smallest absolute Gasteiger partial charge is 0.246 e. The molecule has 0 fully saturated rings. The number of anilines is 2. The van der Waals surface area contributed by atoms with Gasteiger partial charge in [0.05, 0.1) is 12.5 Å². The second kappa shape index (κ2) is 8.00. The molecule has 2 aromatic rings. The van der Waals surface area contributed by atoms with Gasteiger partial charge in [0.2, 0.25) is 5.91 Å². The number of amides is 1. The van der Waals surface area contributed by atoms with E-state index >= 15 is 0 Å². The van der Waals surface area contributed by atoms with Gasteiger partial charge in [0.1, 0.15) is 6.04 Å². The van der Waals surface area contributed by atoms with Crippen molar-refractivity contribution in [3.63, 3.8) is 0 Å². The highest BCUT2D eigenvalue weighted by Gasteiger charge is 2.12. The molecule has 0 bridgehead atoms. The summed E-state index contributed by atoms with van der Waals surface area (Å²) in [5.74, 6) is -0.0876. The summed E-state index contributed by atoms with van der Waals surface area (Å²) in [5.41, 5.74) is 3.86. The maximum absolute atomic E-state index is 12.2. The van der Waals surface area contributed by atoms with Crippen LogP contribution in [0.3, 0.4) is 0 Å². The van der Waals surface area contributed by atoms with Crippen molar-refractivity contribution in [2.24, 2.45) is 0 Å². The summed E-state index contributed by atoms with van der Waals surface area (Å²) in [5, 5.41) is 14.7. The molecule has 4 heteroatoms. The lowest BCUT2D eigenvalue weighted by atomic mass is 10.1. The van der Waals surface area contributed by atoms with E-state index in [1.807, 2.05) is 55.5 Å². The average Bonchev–Trinajstić information content (AvgIpc) is 2.57. The molecule has 0 heterocycles. The first-order chi connectivity index (χ1) is 11.1. The number of carbonyl (C=O) groups is 1. The topological polar surface area (TPSA) is 64.9 Å². The van der Waals surface area contributed by atoms with Crippen molar-refractivity contribution in [1.29, 1.82) is 5.26 Å². The van der Waals surface area contributed by atoms with Gasteiger partial charge in [0, 0.05) is 11.4 Å². The van der Waals surface area contributed by atoms with Crippen LogP contribution in [0.15, 0.2) is 48.5 Å². The molecule has 1 unspecified atom stereocenters. The largest absolute Gasteiger partial charge is 0.374 e. The van der Waals surface area contributed by atoms with E-state index in [2.05, 4.69) is 23.6 Å². The van der Waals surface area contributed by atoms with Gasteiger partial charge in [-0.05, 0) is 48.7 Å². The first kappa shape index (κ1) is 16.6. The lowest BCUT2D eigenvalue weighted by molar-refractivity contribution is -0.116. The molecule has 1 atom stereocenters. The highest BCUT2D eigenvalue weighted by atomic mass is 16.2. The van der Waals surface area contributed by atoms with E-state index in [9.17, 15) is 4.79 Å². The van der Waals surface area contributed by atoms with Gasteiger partial charge >= 0.3 is 0 Å². The maximum atomic E-state index is 12.2. The van der Waals surface area contributed by atoms with Crippen LogP contribution in [0, 0.1) is 11.3 Å². The standard InChI is InChI=1S/C19H21N3O/c1-3-15-4-8-18(9-5-15)22-19(23)14(2)21-17-10-6-16(7-11-17)12-13-20/h4-11,14,21H,3,12H2,1-2H3,(H,22,23). The van der Waals surface area contributed by atoms with Crippen molar-refractivity contribution in [1.82, 2.24) is 0 Å². The zero-order chi connectivity index (χ0) is 16.7.